The van der Waals surface area contributed by atoms with Crippen molar-refractivity contribution in [3.05, 3.63) is 32.4 Å². The lowest BCUT2D eigenvalue weighted by Gasteiger charge is -2.09. The van der Waals surface area contributed by atoms with Gasteiger partial charge < -0.3 is 9.15 Å². The molecular weight excluding hydrogens is 320 g/mol. The average Bonchev–Trinajstić information content (AvgIpc) is 3.36. The van der Waals surface area contributed by atoms with E-state index in [0.717, 1.165) is 18.8 Å². The fraction of sp³-hybridized carbons (Fsp3) is 0.526. The molecule has 1 saturated carbocycles. The van der Waals surface area contributed by atoms with Crippen molar-refractivity contribution in [2.75, 3.05) is 0 Å². The van der Waals surface area contributed by atoms with Crippen LogP contribution in [-0.2, 0) is 6.42 Å². The first-order valence-corrected chi connectivity index (χ1v) is 8.79. The third-order valence-electron chi connectivity index (χ3n) is 4.20. The van der Waals surface area contributed by atoms with E-state index in [0.29, 0.717) is 23.8 Å². The molecule has 0 bridgehead atoms. The molecule has 0 spiro atoms. The number of hydrogen-bond acceptors (Lipinski definition) is 5. The molecule has 1 N–H and O–H groups in total. The second-order valence-electron chi connectivity index (χ2n) is 6.41. The lowest BCUT2D eigenvalue weighted by atomic mass is 10.1. The van der Waals surface area contributed by atoms with E-state index in [1.807, 2.05) is 6.92 Å². The van der Waals surface area contributed by atoms with E-state index in [4.69, 9.17) is 9.15 Å². The number of nitrogens with one attached hydrogen (secondary N) is 1. The number of aromatic nitrogens is 2. The Kier molecular flexibility index (Phi) is 5.22. The summed E-state index contributed by atoms with van der Waals surface area (Å²) in [6.07, 6.45) is 5.62. The zero-order chi connectivity index (χ0) is 17.8. The van der Waals surface area contributed by atoms with Gasteiger partial charge in [0.2, 0.25) is 5.71 Å². The number of H-pyrrole nitrogens is 1. The second kappa shape index (κ2) is 7.56. The molecular formula is C19H22N2O4. The summed E-state index contributed by atoms with van der Waals surface area (Å²) in [4.78, 5) is 31.0. The van der Waals surface area contributed by atoms with Crippen molar-refractivity contribution < 1.29 is 9.15 Å². The standard InChI is InChI=1S/C19H22N2O4/c1-3-4-6-12(2)24-19-20-17(23)16-14(8-5-7-13-9-10-13)11-15(22)25-18(16)21-19/h11-13H,3,5,7-10H2,1-2H3,(H,20,21,23). The van der Waals surface area contributed by atoms with Crippen LogP contribution in [0.15, 0.2) is 20.1 Å². The molecule has 1 aliphatic rings. The molecule has 0 radical (unpaired) electrons. The molecule has 25 heavy (non-hydrogen) atoms. The third-order valence-corrected chi connectivity index (χ3v) is 4.20. The molecule has 6 heteroatoms. The van der Waals surface area contributed by atoms with Crippen LogP contribution in [0.4, 0.5) is 0 Å². The smallest absolute Gasteiger partial charge is 0.337 e. The Bertz CT molecular complexity index is 928. The van der Waals surface area contributed by atoms with Gasteiger partial charge in [-0.15, -0.1) is 0 Å². The number of rotatable bonds is 6. The SMILES string of the molecule is CCC#CC(C)Oc1nc2oc(=O)cc(CCCC3CC3)c2c(=O)[nH]1. The topological polar surface area (TPSA) is 85.2 Å². The maximum atomic E-state index is 12.5. The number of fused-ring (bicyclic) bond motifs is 1. The Morgan fingerprint density at radius 3 is 2.96 bits per heavy atom. The Morgan fingerprint density at radius 2 is 2.24 bits per heavy atom. The predicted octanol–water partition coefficient (Wildman–Crippen LogP) is 2.79. The highest BCUT2D eigenvalue weighted by Gasteiger charge is 2.21. The second-order valence-corrected chi connectivity index (χ2v) is 6.41. The van der Waals surface area contributed by atoms with Gasteiger partial charge >= 0.3 is 11.6 Å². The number of aryl methyl sites for hydroxylation is 1. The van der Waals surface area contributed by atoms with Crippen LogP contribution >= 0.6 is 0 Å². The summed E-state index contributed by atoms with van der Waals surface area (Å²) in [6, 6.07) is 1.40. The van der Waals surface area contributed by atoms with Crippen LogP contribution in [0.2, 0.25) is 0 Å². The zero-order valence-electron chi connectivity index (χ0n) is 14.6. The van der Waals surface area contributed by atoms with Crippen LogP contribution in [0.25, 0.3) is 11.1 Å². The molecule has 2 aromatic heterocycles. The summed E-state index contributed by atoms with van der Waals surface area (Å²) in [5.74, 6) is 6.61. The van der Waals surface area contributed by atoms with Gasteiger partial charge in [-0.25, -0.2) is 4.79 Å². The zero-order valence-corrected chi connectivity index (χ0v) is 14.6. The Balaban J connectivity index is 1.89. The quantitative estimate of drug-likeness (QED) is 0.816. The van der Waals surface area contributed by atoms with Gasteiger partial charge in [0.25, 0.3) is 5.56 Å². The third kappa shape index (κ3) is 4.50. The van der Waals surface area contributed by atoms with E-state index in [-0.39, 0.29) is 17.3 Å². The lowest BCUT2D eigenvalue weighted by molar-refractivity contribution is 0.255. The fourth-order valence-corrected chi connectivity index (χ4v) is 2.81. The maximum Gasteiger partial charge on any atom is 0.337 e. The highest BCUT2D eigenvalue weighted by Crippen LogP contribution is 2.34. The first-order valence-electron chi connectivity index (χ1n) is 8.79. The normalized spacial score (nSPS) is 14.8. The highest BCUT2D eigenvalue weighted by molar-refractivity contribution is 5.75. The van der Waals surface area contributed by atoms with Crippen molar-refractivity contribution >= 4 is 11.1 Å². The summed E-state index contributed by atoms with van der Waals surface area (Å²) < 4.78 is 10.6. The van der Waals surface area contributed by atoms with Gasteiger partial charge in [0, 0.05) is 12.5 Å². The predicted molar refractivity (Wildman–Crippen MR) is 94.7 cm³/mol. The van der Waals surface area contributed by atoms with Crippen molar-refractivity contribution in [2.45, 2.75) is 58.5 Å². The van der Waals surface area contributed by atoms with Gasteiger partial charge in [0.15, 0.2) is 6.10 Å². The van der Waals surface area contributed by atoms with Crippen LogP contribution in [0, 0.1) is 17.8 Å². The molecule has 0 saturated heterocycles. The summed E-state index contributed by atoms with van der Waals surface area (Å²) in [7, 11) is 0. The Hall–Kier alpha value is -2.55. The number of nitrogens with zero attached hydrogens (tertiary/aromatic N) is 1. The minimum absolute atomic E-state index is 0.00804. The number of ether oxygens (including phenoxy) is 1. The van der Waals surface area contributed by atoms with E-state index < -0.39 is 11.7 Å². The summed E-state index contributed by atoms with van der Waals surface area (Å²) >= 11 is 0. The molecule has 1 atom stereocenters. The maximum absolute atomic E-state index is 12.5. The average molecular weight is 342 g/mol. The van der Waals surface area contributed by atoms with Gasteiger partial charge in [0.1, 0.15) is 5.39 Å². The van der Waals surface area contributed by atoms with Crippen LogP contribution in [-0.4, -0.2) is 16.1 Å². The van der Waals surface area contributed by atoms with Gasteiger partial charge in [-0.05, 0) is 31.2 Å². The van der Waals surface area contributed by atoms with Crippen molar-refractivity contribution in [2.24, 2.45) is 5.92 Å². The van der Waals surface area contributed by atoms with E-state index in [1.165, 1.54) is 18.9 Å². The molecule has 1 aliphatic carbocycles. The van der Waals surface area contributed by atoms with Gasteiger partial charge in [-0.1, -0.05) is 38.0 Å². The first kappa shape index (κ1) is 17.3. The van der Waals surface area contributed by atoms with Crippen molar-refractivity contribution in [1.29, 1.82) is 0 Å². The van der Waals surface area contributed by atoms with E-state index in [9.17, 15) is 9.59 Å². The summed E-state index contributed by atoms with van der Waals surface area (Å²) in [5.41, 5.74) is -0.160. The van der Waals surface area contributed by atoms with Crippen molar-refractivity contribution in [3.63, 3.8) is 0 Å². The molecule has 6 nitrogen and oxygen atoms in total. The monoisotopic (exact) mass is 342 g/mol. The van der Waals surface area contributed by atoms with Crippen molar-refractivity contribution in [1.82, 2.24) is 9.97 Å². The molecule has 1 fully saturated rings. The summed E-state index contributed by atoms with van der Waals surface area (Å²) in [5, 5.41) is 0.329. The number of hydrogen-bond donors (Lipinski definition) is 1. The molecule has 1 unspecified atom stereocenters. The molecule has 0 aliphatic heterocycles. The summed E-state index contributed by atoms with van der Waals surface area (Å²) in [6.45, 7) is 3.70. The first-order chi connectivity index (χ1) is 12.1. The van der Waals surface area contributed by atoms with Crippen LogP contribution in [0.1, 0.15) is 51.5 Å². The Labute approximate surface area is 145 Å². The van der Waals surface area contributed by atoms with E-state index in [1.54, 1.807) is 6.92 Å². The minimum atomic E-state index is -0.503. The van der Waals surface area contributed by atoms with Crippen molar-refractivity contribution in [3.8, 4) is 17.9 Å². The lowest BCUT2D eigenvalue weighted by Crippen LogP contribution is -2.18. The van der Waals surface area contributed by atoms with Gasteiger partial charge in [-0.2, -0.15) is 4.98 Å². The molecule has 3 rings (SSSR count). The highest BCUT2D eigenvalue weighted by atomic mass is 16.5. The molecule has 0 amide bonds. The minimum Gasteiger partial charge on any atom is -0.448 e. The fourth-order valence-electron chi connectivity index (χ4n) is 2.81. The largest absolute Gasteiger partial charge is 0.448 e. The van der Waals surface area contributed by atoms with Crippen LogP contribution < -0.4 is 15.9 Å². The molecule has 2 aromatic rings. The molecule has 2 heterocycles. The van der Waals surface area contributed by atoms with Crippen LogP contribution in [0.3, 0.4) is 0 Å². The van der Waals surface area contributed by atoms with Crippen LogP contribution in [0.5, 0.6) is 6.01 Å². The Morgan fingerprint density at radius 1 is 1.44 bits per heavy atom. The molecule has 0 aromatic carbocycles. The van der Waals surface area contributed by atoms with Gasteiger partial charge in [0.05, 0.1) is 0 Å². The number of aromatic amines is 1. The van der Waals surface area contributed by atoms with E-state index >= 15 is 0 Å². The molecule has 132 valence electrons. The van der Waals surface area contributed by atoms with Gasteiger partial charge in [-0.3, -0.25) is 9.78 Å². The van der Waals surface area contributed by atoms with E-state index in [2.05, 4.69) is 21.8 Å².